The zero-order valence-corrected chi connectivity index (χ0v) is 11.6. The Morgan fingerprint density at radius 1 is 1.40 bits per heavy atom. The average molecular weight is 273 g/mol. The zero-order chi connectivity index (χ0) is 14.3. The minimum absolute atomic E-state index is 0.0745. The largest absolute Gasteiger partial charge is 0.366 e. The van der Waals surface area contributed by atoms with Gasteiger partial charge in [-0.3, -0.25) is 9.59 Å². The summed E-state index contributed by atoms with van der Waals surface area (Å²) in [5.74, 6) is -0.382. The first-order valence-corrected chi connectivity index (χ1v) is 7.15. The summed E-state index contributed by atoms with van der Waals surface area (Å²) in [4.78, 5) is 28.1. The molecule has 5 nitrogen and oxygen atoms in total. The van der Waals surface area contributed by atoms with Crippen LogP contribution in [-0.2, 0) is 0 Å². The van der Waals surface area contributed by atoms with Crippen LogP contribution in [-0.4, -0.2) is 36.0 Å². The van der Waals surface area contributed by atoms with Crippen LogP contribution < -0.4 is 10.6 Å². The first kappa shape index (κ1) is 13.0. The predicted octanol–water partition coefficient (Wildman–Crippen LogP) is 1.58. The van der Waals surface area contributed by atoms with Gasteiger partial charge in [-0.05, 0) is 44.4 Å². The van der Waals surface area contributed by atoms with E-state index in [0.717, 1.165) is 38.0 Å². The summed E-state index contributed by atoms with van der Waals surface area (Å²) >= 11 is 0. The lowest BCUT2D eigenvalue weighted by molar-refractivity contribution is 0.0582. The summed E-state index contributed by atoms with van der Waals surface area (Å²) in [5, 5.41) is 0. The number of carbonyl (C=O) groups is 2. The van der Waals surface area contributed by atoms with Gasteiger partial charge >= 0.3 is 0 Å². The molecular formula is C15H19N3O2. The Hall–Kier alpha value is -2.04. The normalized spacial score (nSPS) is 21.4. The molecule has 5 heteroatoms. The number of primary amides is 1. The molecule has 2 aliphatic rings. The summed E-state index contributed by atoms with van der Waals surface area (Å²) in [5.41, 5.74) is 7.33. The third-order valence-corrected chi connectivity index (χ3v) is 4.25. The number of anilines is 1. The van der Waals surface area contributed by atoms with Crippen molar-refractivity contribution in [2.45, 2.75) is 32.4 Å². The van der Waals surface area contributed by atoms with Crippen LogP contribution >= 0.6 is 0 Å². The van der Waals surface area contributed by atoms with Crippen LogP contribution in [0.4, 0.5) is 5.69 Å². The molecule has 0 aromatic heterocycles. The van der Waals surface area contributed by atoms with Crippen LogP contribution in [0, 0.1) is 0 Å². The molecule has 3 rings (SSSR count). The summed E-state index contributed by atoms with van der Waals surface area (Å²) in [6, 6.07) is 5.12. The van der Waals surface area contributed by atoms with E-state index >= 15 is 0 Å². The molecule has 2 aliphatic heterocycles. The van der Waals surface area contributed by atoms with Crippen molar-refractivity contribution in [1.29, 1.82) is 0 Å². The fraction of sp³-hybridized carbons (Fsp3) is 0.467. The van der Waals surface area contributed by atoms with Gasteiger partial charge in [-0.25, -0.2) is 0 Å². The molecule has 1 atom stereocenters. The van der Waals surface area contributed by atoms with Gasteiger partial charge in [0.1, 0.15) is 6.17 Å². The van der Waals surface area contributed by atoms with E-state index in [4.69, 9.17) is 5.73 Å². The number of fused-ring (bicyclic) bond motifs is 2. The van der Waals surface area contributed by atoms with Gasteiger partial charge in [-0.1, -0.05) is 0 Å². The number of nitrogens with zero attached hydrogens (tertiary/aromatic N) is 2. The molecule has 2 amide bonds. The maximum atomic E-state index is 12.6. The van der Waals surface area contributed by atoms with Gasteiger partial charge in [-0.15, -0.1) is 0 Å². The maximum Gasteiger partial charge on any atom is 0.257 e. The summed E-state index contributed by atoms with van der Waals surface area (Å²) in [6.07, 6.45) is 3.31. The van der Waals surface area contributed by atoms with Gasteiger partial charge in [0.15, 0.2) is 0 Å². The molecule has 0 aliphatic carbocycles. The molecule has 1 aromatic rings. The Bertz CT molecular complexity index is 570. The maximum absolute atomic E-state index is 12.6. The summed E-state index contributed by atoms with van der Waals surface area (Å²) in [7, 11) is 0. The highest BCUT2D eigenvalue weighted by molar-refractivity contribution is 6.04. The van der Waals surface area contributed by atoms with E-state index in [9.17, 15) is 9.59 Å². The number of hydrogen-bond donors (Lipinski definition) is 1. The van der Waals surface area contributed by atoms with Crippen molar-refractivity contribution in [2.24, 2.45) is 5.73 Å². The van der Waals surface area contributed by atoms with Gasteiger partial charge < -0.3 is 15.5 Å². The van der Waals surface area contributed by atoms with E-state index in [2.05, 4.69) is 11.8 Å². The minimum atomic E-state index is -0.456. The van der Waals surface area contributed by atoms with Crippen LogP contribution in [0.3, 0.4) is 0 Å². The second-order valence-electron chi connectivity index (χ2n) is 5.36. The van der Waals surface area contributed by atoms with Crippen molar-refractivity contribution in [3.05, 3.63) is 29.3 Å². The van der Waals surface area contributed by atoms with Crippen LogP contribution in [0.1, 0.15) is 46.9 Å². The molecule has 1 saturated heterocycles. The molecule has 0 spiro atoms. The molecule has 0 bridgehead atoms. The highest BCUT2D eigenvalue weighted by atomic mass is 16.2. The highest BCUT2D eigenvalue weighted by Crippen LogP contribution is 2.35. The zero-order valence-electron chi connectivity index (χ0n) is 11.6. The molecule has 1 aromatic carbocycles. The third kappa shape index (κ3) is 1.85. The molecule has 0 unspecified atom stereocenters. The van der Waals surface area contributed by atoms with E-state index < -0.39 is 5.91 Å². The number of benzene rings is 1. The van der Waals surface area contributed by atoms with Crippen LogP contribution in [0.15, 0.2) is 18.2 Å². The van der Waals surface area contributed by atoms with Crippen LogP contribution in [0.25, 0.3) is 0 Å². The lowest BCUT2D eigenvalue weighted by Crippen LogP contribution is -2.57. The van der Waals surface area contributed by atoms with Crippen molar-refractivity contribution in [2.75, 3.05) is 18.0 Å². The second kappa shape index (κ2) is 4.81. The molecule has 1 fully saturated rings. The smallest absolute Gasteiger partial charge is 0.257 e. The third-order valence-electron chi connectivity index (χ3n) is 4.25. The van der Waals surface area contributed by atoms with Gasteiger partial charge in [0, 0.05) is 18.7 Å². The van der Waals surface area contributed by atoms with Gasteiger partial charge in [0.05, 0.1) is 11.3 Å². The monoisotopic (exact) mass is 273 g/mol. The Labute approximate surface area is 118 Å². The van der Waals surface area contributed by atoms with E-state index in [0.29, 0.717) is 11.1 Å². The van der Waals surface area contributed by atoms with Gasteiger partial charge in [0.25, 0.3) is 5.91 Å². The number of hydrogen-bond acceptors (Lipinski definition) is 3. The van der Waals surface area contributed by atoms with Gasteiger partial charge in [0.2, 0.25) is 5.91 Å². The fourth-order valence-corrected chi connectivity index (χ4v) is 3.27. The summed E-state index contributed by atoms with van der Waals surface area (Å²) < 4.78 is 0. The number of nitrogens with two attached hydrogens (primary N) is 1. The first-order chi connectivity index (χ1) is 9.63. The SMILES string of the molecule is CCN1c2cc(C(N)=O)ccc2C(=O)N2CCCC[C@@H]21. The lowest BCUT2D eigenvalue weighted by atomic mass is 9.97. The molecule has 20 heavy (non-hydrogen) atoms. The molecule has 2 N–H and O–H groups in total. The van der Waals surface area contributed by atoms with Crippen molar-refractivity contribution >= 4 is 17.5 Å². The van der Waals surface area contributed by atoms with Crippen LogP contribution in [0.2, 0.25) is 0 Å². The van der Waals surface area contributed by atoms with Crippen molar-refractivity contribution in [3.8, 4) is 0 Å². The standard InChI is InChI=1S/C15H19N3O2/c1-2-17-12-9-10(14(16)19)6-7-11(12)15(20)18-8-4-3-5-13(17)18/h6-7,9,13H,2-5,8H2,1H3,(H2,16,19)/t13-/m1/s1. The Balaban J connectivity index is 2.11. The Kier molecular flexibility index (Phi) is 3.12. The predicted molar refractivity (Wildman–Crippen MR) is 76.7 cm³/mol. The minimum Gasteiger partial charge on any atom is -0.366 e. The molecule has 106 valence electrons. The molecule has 0 radical (unpaired) electrons. The molecule has 2 heterocycles. The van der Waals surface area contributed by atoms with Crippen molar-refractivity contribution < 1.29 is 9.59 Å². The Morgan fingerprint density at radius 3 is 2.90 bits per heavy atom. The molecule has 0 saturated carbocycles. The first-order valence-electron chi connectivity index (χ1n) is 7.15. The number of carbonyl (C=O) groups excluding carboxylic acids is 2. The van der Waals surface area contributed by atoms with Crippen molar-refractivity contribution in [3.63, 3.8) is 0 Å². The number of piperidine rings is 1. The topological polar surface area (TPSA) is 66.6 Å². The number of rotatable bonds is 2. The highest BCUT2D eigenvalue weighted by Gasteiger charge is 2.38. The lowest BCUT2D eigenvalue weighted by Gasteiger charge is -2.47. The van der Waals surface area contributed by atoms with Crippen molar-refractivity contribution in [1.82, 2.24) is 4.90 Å². The van der Waals surface area contributed by atoms with Crippen LogP contribution in [0.5, 0.6) is 0 Å². The summed E-state index contributed by atoms with van der Waals surface area (Å²) in [6.45, 7) is 3.70. The Morgan fingerprint density at radius 2 is 2.20 bits per heavy atom. The van der Waals surface area contributed by atoms with E-state index in [-0.39, 0.29) is 12.1 Å². The quantitative estimate of drug-likeness (QED) is 0.889. The van der Waals surface area contributed by atoms with E-state index in [1.807, 2.05) is 4.90 Å². The molecular weight excluding hydrogens is 254 g/mol. The van der Waals surface area contributed by atoms with Gasteiger partial charge in [-0.2, -0.15) is 0 Å². The second-order valence-corrected chi connectivity index (χ2v) is 5.36. The number of amides is 2. The van der Waals surface area contributed by atoms with E-state index in [1.165, 1.54) is 0 Å². The fourth-order valence-electron chi connectivity index (χ4n) is 3.27. The average Bonchev–Trinajstić information content (AvgIpc) is 2.47. The van der Waals surface area contributed by atoms with E-state index in [1.54, 1.807) is 18.2 Å².